The first-order valence-electron chi connectivity index (χ1n) is 9.58. The zero-order valence-electron chi connectivity index (χ0n) is 17.1. The zero-order chi connectivity index (χ0) is 23.8. The van der Waals surface area contributed by atoms with E-state index in [4.69, 9.17) is 21.7 Å². The molecule has 1 N–H and O–H groups in total. The Labute approximate surface area is 198 Å². The third kappa shape index (κ3) is 4.56. The van der Waals surface area contributed by atoms with Crippen LogP contribution in [0.5, 0.6) is 5.75 Å². The van der Waals surface area contributed by atoms with Crippen molar-refractivity contribution in [2.24, 2.45) is 9.39 Å². The van der Waals surface area contributed by atoms with Crippen molar-refractivity contribution < 1.29 is 22.3 Å². The molecule has 0 radical (unpaired) electrons. The van der Waals surface area contributed by atoms with Gasteiger partial charge in [0, 0.05) is 5.56 Å². The van der Waals surface area contributed by atoms with Gasteiger partial charge >= 0.3 is 0 Å². The molecular weight excluding hydrogens is 491 g/mol. The number of rotatable bonds is 5. The Hall–Kier alpha value is -3.02. The second-order valence-electron chi connectivity index (χ2n) is 6.88. The predicted molar refractivity (Wildman–Crippen MR) is 127 cm³/mol. The van der Waals surface area contributed by atoms with Gasteiger partial charge in [-0.1, -0.05) is 42.8 Å². The highest BCUT2D eigenvalue weighted by atomic mass is 35.5. The van der Waals surface area contributed by atoms with Crippen molar-refractivity contribution in [2.75, 3.05) is 5.75 Å². The highest BCUT2D eigenvalue weighted by Gasteiger charge is 2.42. The summed E-state index contributed by atoms with van der Waals surface area (Å²) in [6, 6.07) is 10.9. The van der Waals surface area contributed by atoms with E-state index in [1.165, 1.54) is 25.1 Å². The maximum absolute atomic E-state index is 13.8. The summed E-state index contributed by atoms with van der Waals surface area (Å²) in [6.07, 6.45) is 1.39. The van der Waals surface area contributed by atoms with Gasteiger partial charge in [0.15, 0.2) is 0 Å². The molecule has 0 aromatic heterocycles. The van der Waals surface area contributed by atoms with E-state index in [-0.39, 0.29) is 39.1 Å². The van der Waals surface area contributed by atoms with Crippen molar-refractivity contribution in [3.63, 3.8) is 0 Å². The van der Waals surface area contributed by atoms with Crippen LogP contribution in [0, 0.1) is 11.2 Å². The van der Waals surface area contributed by atoms with E-state index < -0.39 is 21.6 Å². The van der Waals surface area contributed by atoms with Crippen LogP contribution in [0.2, 0.25) is 5.02 Å². The molecule has 2 heterocycles. The number of ether oxygens (including phenoxy) is 1. The Morgan fingerprint density at radius 1 is 1.27 bits per heavy atom. The van der Waals surface area contributed by atoms with Gasteiger partial charge in [-0.05, 0) is 29.8 Å². The van der Waals surface area contributed by atoms with Crippen LogP contribution in [0.25, 0.3) is 6.08 Å². The quantitative estimate of drug-likeness (QED) is 0.483. The van der Waals surface area contributed by atoms with Crippen LogP contribution in [-0.2, 0) is 21.2 Å². The molecule has 0 atom stereocenters. The lowest BCUT2D eigenvalue weighted by Crippen LogP contribution is -2.45. The van der Waals surface area contributed by atoms with Crippen LogP contribution < -0.4 is 4.74 Å². The standard InChI is InChI=1S/C21H16ClFN4O4S2/c1-2-33(29,30)21-26-32-20-25-19(28)14(18(24)27(20)21)9-12-7-8-17(15(22)10-12)31-11-13-5-3-4-6-16(13)23/h3-10,24H,2,11H2,1H3/b14-9-,24-18?. The molecule has 170 valence electrons. The van der Waals surface area contributed by atoms with Gasteiger partial charge in [0.1, 0.15) is 24.0 Å². The van der Waals surface area contributed by atoms with Gasteiger partial charge in [0.25, 0.3) is 5.91 Å². The van der Waals surface area contributed by atoms with Gasteiger partial charge in [-0.3, -0.25) is 10.2 Å². The van der Waals surface area contributed by atoms with E-state index >= 15 is 0 Å². The third-order valence-electron chi connectivity index (χ3n) is 4.76. The molecule has 0 unspecified atom stereocenters. The molecule has 0 saturated carbocycles. The SMILES string of the molecule is CCS(=O)(=O)C1=NSC2=NC(=O)/C(=C\c3ccc(OCc4ccccc4F)c(Cl)c3)C(=N)N21. The first kappa shape index (κ1) is 23.1. The number of carbonyl (C=O) groups is 1. The molecule has 0 spiro atoms. The molecule has 33 heavy (non-hydrogen) atoms. The average molecular weight is 507 g/mol. The topological polar surface area (TPSA) is 112 Å². The van der Waals surface area contributed by atoms with Crippen molar-refractivity contribution >= 4 is 61.5 Å². The van der Waals surface area contributed by atoms with E-state index in [1.54, 1.807) is 30.3 Å². The summed E-state index contributed by atoms with van der Waals surface area (Å²) in [4.78, 5) is 17.4. The summed E-state index contributed by atoms with van der Waals surface area (Å²) < 4.78 is 47.9. The molecule has 2 aliphatic heterocycles. The van der Waals surface area contributed by atoms with E-state index in [2.05, 4.69) is 9.39 Å². The van der Waals surface area contributed by atoms with Crippen LogP contribution in [0.1, 0.15) is 18.1 Å². The molecule has 0 saturated heterocycles. The normalized spacial score (nSPS) is 17.2. The summed E-state index contributed by atoms with van der Waals surface area (Å²) in [5.74, 6) is -1.33. The monoisotopic (exact) mass is 506 g/mol. The van der Waals surface area contributed by atoms with Gasteiger partial charge in [-0.2, -0.15) is 9.39 Å². The highest BCUT2D eigenvalue weighted by Crippen LogP contribution is 2.31. The first-order valence-corrected chi connectivity index (χ1v) is 12.4. The van der Waals surface area contributed by atoms with Gasteiger partial charge in [0.2, 0.25) is 20.2 Å². The van der Waals surface area contributed by atoms with Gasteiger partial charge < -0.3 is 4.74 Å². The number of sulfone groups is 1. The lowest BCUT2D eigenvalue weighted by Gasteiger charge is -2.24. The zero-order valence-corrected chi connectivity index (χ0v) is 19.5. The number of benzene rings is 2. The number of nitrogens with zero attached hydrogens (tertiary/aromatic N) is 3. The maximum atomic E-state index is 13.8. The Balaban J connectivity index is 1.58. The summed E-state index contributed by atoms with van der Waals surface area (Å²) in [5.41, 5.74) is 0.725. The van der Waals surface area contributed by atoms with Crippen molar-refractivity contribution in [1.29, 1.82) is 5.41 Å². The number of nitrogens with one attached hydrogen (secondary N) is 1. The number of halogens is 2. The second-order valence-corrected chi connectivity index (χ2v) is 10.2. The van der Waals surface area contributed by atoms with Crippen molar-refractivity contribution in [3.05, 3.63) is 70.0 Å². The molecule has 0 bridgehead atoms. The van der Waals surface area contributed by atoms with E-state index in [9.17, 15) is 17.6 Å². The molecule has 8 nitrogen and oxygen atoms in total. The van der Waals surface area contributed by atoms with Gasteiger partial charge in [0.05, 0.1) is 28.3 Å². The number of hydrogen-bond donors (Lipinski definition) is 1. The summed E-state index contributed by atoms with van der Waals surface area (Å²) >= 11 is 7.02. The Morgan fingerprint density at radius 2 is 2.03 bits per heavy atom. The number of fused-ring (bicyclic) bond motifs is 1. The summed E-state index contributed by atoms with van der Waals surface area (Å²) in [5, 5.41) is 8.33. The van der Waals surface area contributed by atoms with Gasteiger partial charge in [-0.15, -0.1) is 0 Å². The Kier molecular flexibility index (Phi) is 6.37. The van der Waals surface area contributed by atoms with Crippen molar-refractivity contribution in [2.45, 2.75) is 13.5 Å². The van der Waals surface area contributed by atoms with Gasteiger partial charge in [-0.25, -0.2) is 17.7 Å². The second kappa shape index (κ2) is 9.08. The van der Waals surface area contributed by atoms with Crippen LogP contribution in [0.15, 0.2) is 57.4 Å². The number of hydrogen-bond acceptors (Lipinski definition) is 7. The fraction of sp³-hybridized carbons (Fsp3) is 0.143. The number of amidine groups is 3. The van der Waals surface area contributed by atoms with E-state index in [0.29, 0.717) is 16.9 Å². The van der Waals surface area contributed by atoms with Crippen LogP contribution in [0.4, 0.5) is 4.39 Å². The number of amides is 1. The largest absolute Gasteiger partial charge is 0.487 e. The molecule has 2 aliphatic rings. The van der Waals surface area contributed by atoms with Crippen molar-refractivity contribution in [1.82, 2.24) is 4.90 Å². The number of carbonyl (C=O) groups excluding carboxylic acids is 1. The molecular formula is C21H16ClFN4O4S2. The third-order valence-corrected chi connectivity index (χ3v) is 7.46. The molecule has 2 aromatic rings. The fourth-order valence-corrected chi connectivity index (χ4v) is 5.20. The average Bonchev–Trinajstić information content (AvgIpc) is 3.22. The molecule has 0 aliphatic carbocycles. The Bertz CT molecular complexity index is 1370. The number of aliphatic imine (C=N–C) groups is 1. The highest BCUT2D eigenvalue weighted by molar-refractivity contribution is 8.16. The van der Waals surface area contributed by atoms with Crippen LogP contribution in [0.3, 0.4) is 0 Å². The lowest BCUT2D eigenvalue weighted by molar-refractivity contribution is -0.114. The fourth-order valence-electron chi connectivity index (χ4n) is 2.99. The summed E-state index contributed by atoms with van der Waals surface area (Å²) in [7, 11) is -3.73. The predicted octanol–water partition coefficient (Wildman–Crippen LogP) is 4.07. The maximum Gasteiger partial charge on any atom is 0.283 e. The molecule has 0 fully saturated rings. The molecule has 12 heteroatoms. The minimum Gasteiger partial charge on any atom is -0.487 e. The van der Waals surface area contributed by atoms with E-state index in [0.717, 1.165) is 16.8 Å². The van der Waals surface area contributed by atoms with Crippen LogP contribution >= 0.6 is 23.5 Å². The smallest absolute Gasteiger partial charge is 0.283 e. The summed E-state index contributed by atoms with van der Waals surface area (Å²) in [6.45, 7) is 1.44. The minimum absolute atomic E-state index is 0.0177. The Morgan fingerprint density at radius 3 is 2.73 bits per heavy atom. The minimum atomic E-state index is -3.73. The van der Waals surface area contributed by atoms with E-state index in [1.807, 2.05) is 0 Å². The molecule has 4 rings (SSSR count). The van der Waals surface area contributed by atoms with Crippen LogP contribution in [-0.4, -0.2) is 41.1 Å². The molecule has 1 amide bonds. The van der Waals surface area contributed by atoms with Crippen molar-refractivity contribution in [3.8, 4) is 5.75 Å². The molecule has 2 aromatic carbocycles. The lowest BCUT2D eigenvalue weighted by atomic mass is 10.1. The first-order chi connectivity index (χ1) is 15.7.